The highest BCUT2D eigenvalue weighted by Gasteiger charge is 2.42. The standard InChI is InChI=1S/C22H27NO3/c1-5-14-7-9-15(10-8-14)17-11-16-13-22(3,4)20(26-21(23)24)18(16)12-19(17)25-6-2/h7-12,20H,5-6,13H2,1-4H3,(H2,23,24)/t20-/m0/s1. The first-order chi connectivity index (χ1) is 12.4. The van der Waals surface area contributed by atoms with Crippen LogP contribution in [0, 0.1) is 5.41 Å². The zero-order chi connectivity index (χ0) is 18.9. The summed E-state index contributed by atoms with van der Waals surface area (Å²) in [6.07, 6.45) is 0.745. The number of carbonyl (C=O) groups is 1. The van der Waals surface area contributed by atoms with Gasteiger partial charge in [-0.15, -0.1) is 0 Å². The predicted molar refractivity (Wildman–Crippen MR) is 103 cm³/mol. The molecule has 3 rings (SSSR count). The zero-order valence-corrected chi connectivity index (χ0v) is 16.0. The average Bonchev–Trinajstić information content (AvgIpc) is 2.84. The second-order valence-electron chi connectivity index (χ2n) is 7.51. The van der Waals surface area contributed by atoms with Crippen LogP contribution >= 0.6 is 0 Å². The van der Waals surface area contributed by atoms with Crippen LogP contribution in [-0.4, -0.2) is 12.7 Å². The molecule has 0 spiro atoms. The quantitative estimate of drug-likeness (QED) is 0.820. The first-order valence-electron chi connectivity index (χ1n) is 9.20. The van der Waals surface area contributed by atoms with Crippen LogP contribution in [0.5, 0.6) is 5.75 Å². The van der Waals surface area contributed by atoms with Crippen LogP contribution in [0.15, 0.2) is 36.4 Å². The molecule has 1 aliphatic carbocycles. The van der Waals surface area contributed by atoms with Crippen LogP contribution in [0.3, 0.4) is 0 Å². The Balaban J connectivity index is 2.09. The van der Waals surface area contributed by atoms with Crippen molar-refractivity contribution in [1.29, 1.82) is 0 Å². The van der Waals surface area contributed by atoms with Gasteiger partial charge in [-0.2, -0.15) is 0 Å². The third-order valence-electron chi connectivity index (χ3n) is 5.09. The van der Waals surface area contributed by atoms with Gasteiger partial charge in [0, 0.05) is 11.0 Å². The maximum absolute atomic E-state index is 11.4. The Kier molecular flexibility index (Phi) is 4.94. The molecule has 2 N–H and O–H groups in total. The molecule has 1 amide bonds. The molecule has 138 valence electrons. The lowest BCUT2D eigenvalue weighted by molar-refractivity contribution is 0.0391. The second-order valence-corrected chi connectivity index (χ2v) is 7.51. The van der Waals surface area contributed by atoms with Crippen molar-refractivity contribution < 1.29 is 14.3 Å². The molecule has 2 aromatic carbocycles. The summed E-state index contributed by atoms with van der Waals surface area (Å²) in [6.45, 7) is 8.88. The van der Waals surface area contributed by atoms with Crippen molar-refractivity contribution in [2.45, 2.75) is 46.6 Å². The molecule has 0 bridgehead atoms. The minimum absolute atomic E-state index is 0.203. The number of hydrogen-bond donors (Lipinski definition) is 1. The number of primary amides is 1. The highest BCUT2D eigenvalue weighted by Crippen LogP contribution is 2.50. The number of fused-ring (bicyclic) bond motifs is 1. The van der Waals surface area contributed by atoms with Crippen LogP contribution in [0.4, 0.5) is 4.79 Å². The molecule has 0 aromatic heterocycles. The number of nitrogens with two attached hydrogens (primary N) is 1. The first kappa shape index (κ1) is 18.3. The highest BCUT2D eigenvalue weighted by atomic mass is 16.6. The van der Waals surface area contributed by atoms with Crippen molar-refractivity contribution in [2.75, 3.05) is 6.61 Å². The Morgan fingerprint density at radius 1 is 1.19 bits per heavy atom. The molecule has 1 atom stereocenters. The predicted octanol–water partition coefficient (Wildman–Crippen LogP) is 5.03. The summed E-state index contributed by atoms with van der Waals surface area (Å²) in [5.74, 6) is 0.811. The fourth-order valence-electron chi connectivity index (χ4n) is 3.80. The van der Waals surface area contributed by atoms with E-state index in [2.05, 4.69) is 51.1 Å². The first-order valence-corrected chi connectivity index (χ1v) is 9.20. The molecule has 1 aliphatic rings. The van der Waals surface area contributed by atoms with E-state index in [1.54, 1.807) is 0 Å². The van der Waals surface area contributed by atoms with Crippen LogP contribution in [0.25, 0.3) is 11.1 Å². The molecule has 0 unspecified atom stereocenters. The number of ether oxygens (including phenoxy) is 2. The van der Waals surface area contributed by atoms with E-state index in [-0.39, 0.29) is 11.5 Å². The van der Waals surface area contributed by atoms with Gasteiger partial charge in [0.05, 0.1) is 6.61 Å². The monoisotopic (exact) mass is 353 g/mol. The number of amides is 1. The van der Waals surface area contributed by atoms with E-state index in [0.717, 1.165) is 35.3 Å². The molecule has 0 saturated heterocycles. The highest BCUT2D eigenvalue weighted by molar-refractivity contribution is 5.73. The zero-order valence-electron chi connectivity index (χ0n) is 16.0. The number of aryl methyl sites for hydroxylation is 1. The molecule has 0 radical (unpaired) electrons. The maximum Gasteiger partial charge on any atom is 0.405 e. The Bertz CT molecular complexity index is 809. The van der Waals surface area contributed by atoms with Gasteiger partial charge in [-0.05, 0) is 54.2 Å². The molecule has 0 saturated carbocycles. The van der Waals surface area contributed by atoms with E-state index in [1.165, 1.54) is 11.1 Å². The van der Waals surface area contributed by atoms with E-state index in [1.807, 2.05) is 13.0 Å². The van der Waals surface area contributed by atoms with Crippen LogP contribution in [-0.2, 0) is 17.6 Å². The number of rotatable bonds is 5. The molecule has 26 heavy (non-hydrogen) atoms. The largest absolute Gasteiger partial charge is 0.493 e. The van der Waals surface area contributed by atoms with Crippen LogP contribution < -0.4 is 10.5 Å². The van der Waals surface area contributed by atoms with E-state index in [4.69, 9.17) is 15.2 Å². The van der Waals surface area contributed by atoms with Gasteiger partial charge in [0.25, 0.3) is 0 Å². The number of carbonyl (C=O) groups excluding carboxylic acids is 1. The van der Waals surface area contributed by atoms with E-state index < -0.39 is 6.09 Å². The summed E-state index contributed by atoms with van der Waals surface area (Å²) in [4.78, 5) is 11.4. The minimum atomic E-state index is -0.742. The van der Waals surface area contributed by atoms with Gasteiger partial charge < -0.3 is 15.2 Å². The summed E-state index contributed by atoms with van der Waals surface area (Å²) in [5.41, 5.74) is 10.8. The summed E-state index contributed by atoms with van der Waals surface area (Å²) < 4.78 is 11.4. The van der Waals surface area contributed by atoms with Gasteiger partial charge in [0.1, 0.15) is 11.9 Å². The third kappa shape index (κ3) is 3.41. The molecule has 0 aliphatic heterocycles. The molecule has 4 heteroatoms. The van der Waals surface area contributed by atoms with Gasteiger partial charge >= 0.3 is 6.09 Å². The number of hydrogen-bond acceptors (Lipinski definition) is 3. The topological polar surface area (TPSA) is 61.6 Å². The minimum Gasteiger partial charge on any atom is -0.493 e. The lowest BCUT2D eigenvalue weighted by Gasteiger charge is -2.26. The Morgan fingerprint density at radius 3 is 2.46 bits per heavy atom. The Labute approximate surface area is 155 Å². The average molecular weight is 353 g/mol. The molecule has 0 fully saturated rings. The fraction of sp³-hybridized carbons (Fsp3) is 0.409. The van der Waals surface area contributed by atoms with E-state index in [9.17, 15) is 4.79 Å². The SMILES string of the molecule is CCOc1cc2c(cc1-c1ccc(CC)cc1)CC(C)(C)[C@H]2OC(N)=O. The van der Waals surface area contributed by atoms with Gasteiger partial charge in [0.2, 0.25) is 0 Å². The van der Waals surface area contributed by atoms with Crippen molar-refractivity contribution in [3.63, 3.8) is 0 Å². The van der Waals surface area contributed by atoms with Crippen LogP contribution in [0.1, 0.15) is 50.5 Å². The van der Waals surface area contributed by atoms with Crippen molar-refractivity contribution in [3.8, 4) is 16.9 Å². The third-order valence-corrected chi connectivity index (χ3v) is 5.09. The van der Waals surface area contributed by atoms with Crippen LogP contribution in [0.2, 0.25) is 0 Å². The molecule has 4 nitrogen and oxygen atoms in total. The Hall–Kier alpha value is -2.49. The summed E-state index contributed by atoms with van der Waals surface area (Å²) in [7, 11) is 0. The second kappa shape index (κ2) is 7.02. The summed E-state index contributed by atoms with van der Waals surface area (Å²) in [5, 5.41) is 0. The van der Waals surface area contributed by atoms with E-state index >= 15 is 0 Å². The molecule has 0 heterocycles. The van der Waals surface area contributed by atoms with Gasteiger partial charge in [-0.3, -0.25) is 0 Å². The smallest absolute Gasteiger partial charge is 0.405 e. The number of benzene rings is 2. The summed E-state index contributed by atoms with van der Waals surface area (Å²) in [6, 6.07) is 12.8. The van der Waals surface area contributed by atoms with Crippen molar-refractivity contribution in [2.24, 2.45) is 11.1 Å². The normalized spacial score (nSPS) is 17.6. The molecular weight excluding hydrogens is 326 g/mol. The Morgan fingerprint density at radius 2 is 1.88 bits per heavy atom. The summed E-state index contributed by atoms with van der Waals surface area (Å²) >= 11 is 0. The van der Waals surface area contributed by atoms with Gasteiger partial charge in [0.15, 0.2) is 0 Å². The maximum atomic E-state index is 11.4. The van der Waals surface area contributed by atoms with Gasteiger partial charge in [-0.1, -0.05) is 45.0 Å². The van der Waals surface area contributed by atoms with Crippen molar-refractivity contribution in [1.82, 2.24) is 0 Å². The van der Waals surface area contributed by atoms with E-state index in [0.29, 0.717) is 6.61 Å². The van der Waals surface area contributed by atoms with Gasteiger partial charge in [-0.25, -0.2) is 4.79 Å². The molecule has 2 aromatic rings. The lowest BCUT2D eigenvalue weighted by Crippen LogP contribution is -2.25. The molecular formula is C22H27NO3. The van der Waals surface area contributed by atoms with Crippen molar-refractivity contribution in [3.05, 3.63) is 53.1 Å². The lowest BCUT2D eigenvalue weighted by atomic mass is 9.87. The van der Waals surface area contributed by atoms with Crippen molar-refractivity contribution >= 4 is 6.09 Å². The fourth-order valence-corrected chi connectivity index (χ4v) is 3.80.